The Labute approximate surface area is 660 Å². The second-order valence-corrected chi connectivity index (χ2v) is 33.5. The smallest absolute Gasteiger partial charge is 0.221 e. The van der Waals surface area contributed by atoms with E-state index in [9.17, 15) is 0 Å². The third kappa shape index (κ3) is 14.3. The van der Waals surface area contributed by atoms with Crippen molar-refractivity contribution in [2.45, 2.75) is 84.1 Å². The molecular formula is C74H66Cl8N14O5S4. The summed E-state index contributed by atoms with van der Waals surface area (Å²) in [6, 6.07) is 15.6. The molecule has 0 bridgehead atoms. The van der Waals surface area contributed by atoms with Gasteiger partial charge >= 0.3 is 0 Å². The van der Waals surface area contributed by atoms with Crippen LogP contribution >= 0.6 is 138 Å². The van der Waals surface area contributed by atoms with Crippen molar-refractivity contribution in [2.24, 2.45) is 0 Å². The van der Waals surface area contributed by atoms with Gasteiger partial charge in [-0.05, 0) is 78.8 Å². The van der Waals surface area contributed by atoms with Gasteiger partial charge in [0.1, 0.15) is 42.3 Å². The summed E-state index contributed by atoms with van der Waals surface area (Å²) in [4.78, 5) is 50.7. The minimum absolute atomic E-state index is 0.0201. The van der Waals surface area contributed by atoms with Crippen LogP contribution in [0.25, 0.3) is 103 Å². The van der Waals surface area contributed by atoms with Crippen LogP contribution in [-0.4, -0.2) is 104 Å². The number of allylic oxidation sites excluding steroid dienone is 1. The predicted octanol–water partition coefficient (Wildman–Crippen LogP) is 21.0. The van der Waals surface area contributed by atoms with E-state index in [0.29, 0.717) is 113 Å². The van der Waals surface area contributed by atoms with Gasteiger partial charge in [-0.1, -0.05) is 140 Å². The zero-order valence-electron chi connectivity index (χ0n) is 57.6. The molecule has 8 N–H and O–H groups in total. The molecule has 0 spiro atoms. The van der Waals surface area contributed by atoms with Crippen molar-refractivity contribution in [2.75, 3.05) is 70.6 Å². The van der Waals surface area contributed by atoms with Crippen LogP contribution in [0.5, 0.6) is 23.0 Å². The summed E-state index contributed by atoms with van der Waals surface area (Å²) in [6.45, 7) is 23.4. The zero-order valence-corrected chi connectivity index (χ0v) is 66.9. The fraction of sp³-hybridized carbons (Fsp3) is 0.270. The minimum atomic E-state index is 0.0201. The van der Waals surface area contributed by atoms with Crippen LogP contribution in [0.2, 0.25) is 40.2 Å². The van der Waals surface area contributed by atoms with Gasteiger partial charge in [0.05, 0.1) is 112 Å². The lowest BCUT2D eigenvalue weighted by Gasteiger charge is -2.19. The number of nitrogen functional groups attached to an aromatic ring is 4. The van der Waals surface area contributed by atoms with Gasteiger partial charge in [-0.25, -0.2) is 39.9 Å². The molecule has 1 saturated carbocycles. The molecule has 1 aliphatic carbocycles. The number of fused-ring (bicyclic) bond motifs is 8. The number of anilines is 4. The highest BCUT2D eigenvalue weighted by molar-refractivity contribution is 7.20. The number of hydrogen-bond acceptors (Lipinski definition) is 23. The molecule has 12 heterocycles. The van der Waals surface area contributed by atoms with Crippen molar-refractivity contribution in [3.05, 3.63) is 150 Å². The number of halogens is 8. The van der Waals surface area contributed by atoms with Crippen LogP contribution in [0.3, 0.4) is 0 Å². The summed E-state index contributed by atoms with van der Waals surface area (Å²) >= 11 is 57.7. The van der Waals surface area contributed by atoms with Gasteiger partial charge in [-0.15, -0.1) is 45.3 Å². The first-order chi connectivity index (χ1) is 50.1. The Morgan fingerprint density at radius 2 is 0.762 bits per heavy atom. The molecule has 31 heteroatoms. The SMILES string of the molecule is C=C(CC)c1cc2c(-c3c(Cl)cc(Cl)c4c3CCO4)nc(N)nc2s1.C=C(c1cc2c(-c3c(Cl)cc(Cl)c4c3CCO4)nc(N)nc2s1)N(C)C1CC1.C=C(c1cc2c(-c3c(Cl)cc(Cl)c4c3CCO4)nc(N)nc2s1)N(C)OC.CC(C)(C)c1cc2c(-c3c(Cl)cc(Cl)c4c3CCO4)nc(N)nc2s1. The summed E-state index contributed by atoms with van der Waals surface area (Å²) < 4.78 is 22.7. The fourth-order valence-electron chi connectivity index (χ4n) is 12.9. The van der Waals surface area contributed by atoms with Crippen molar-refractivity contribution >= 4 is 220 Å². The van der Waals surface area contributed by atoms with Crippen LogP contribution in [-0.2, 0) is 35.9 Å². The monoisotopic (exact) mass is 1640 g/mol. The Bertz CT molecular complexity index is 5620. The first kappa shape index (κ1) is 74.4. The molecular weight excluding hydrogens is 1580 g/mol. The molecule has 0 amide bonds. The van der Waals surface area contributed by atoms with Gasteiger partial charge in [0, 0.05) is 127 Å². The van der Waals surface area contributed by atoms with Crippen molar-refractivity contribution in [1.29, 1.82) is 0 Å². The van der Waals surface area contributed by atoms with Crippen molar-refractivity contribution < 1.29 is 23.8 Å². The molecule has 1 fully saturated rings. The molecule has 5 aliphatic rings. The normalized spacial score (nSPS) is 13.9. The van der Waals surface area contributed by atoms with Gasteiger partial charge in [0.15, 0.2) is 0 Å². The summed E-state index contributed by atoms with van der Waals surface area (Å²) in [5, 5.41) is 9.41. The van der Waals surface area contributed by atoms with Gasteiger partial charge in [0.25, 0.3) is 0 Å². The lowest BCUT2D eigenvalue weighted by molar-refractivity contribution is -0.0521. The topological polar surface area (TPSA) is 260 Å². The second kappa shape index (κ2) is 29.6. The number of aromatic nitrogens is 8. The molecule has 0 radical (unpaired) electrons. The maximum atomic E-state index is 6.61. The largest absolute Gasteiger partial charge is 0.491 e. The van der Waals surface area contributed by atoms with Gasteiger partial charge in [-0.3, -0.25) is 9.90 Å². The molecule has 17 rings (SSSR count). The average Bonchev–Trinajstić information content (AvgIpc) is 1.65. The van der Waals surface area contributed by atoms with E-state index in [1.165, 1.54) is 29.1 Å². The molecule has 4 aromatic carbocycles. The molecule has 0 saturated heterocycles. The van der Waals surface area contributed by atoms with Crippen molar-refractivity contribution in [3.8, 4) is 68.0 Å². The molecule has 4 aliphatic heterocycles. The Hall–Kier alpha value is -7.46. The molecule has 105 heavy (non-hydrogen) atoms. The van der Waals surface area contributed by atoms with Crippen LogP contribution < -0.4 is 41.9 Å². The first-order valence-corrected chi connectivity index (χ1v) is 39.3. The van der Waals surface area contributed by atoms with E-state index < -0.39 is 0 Å². The number of ether oxygens (including phenoxy) is 4. The van der Waals surface area contributed by atoms with Crippen LogP contribution in [0.4, 0.5) is 23.8 Å². The van der Waals surface area contributed by atoms with Gasteiger partial charge < -0.3 is 46.8 Å². The number of benzene rings is 4. The molecule has 19 nitrogen and oxygen atoms in total. The number of hydrogen-bond donors (Lipinski definition) is 4. The number of hydroxylamine groups is 2. The molecule has 8 aromatic heterocycles. The highest BCUT2D eigenvalue weighted by Crippen LogP contribution is 2.53. The second-order valence-electron chi connectivity index (χ2n) is 26.1. The van der Waals surface area contributed by atoms with Gasteiger partial charge in [-0.2, -0.15) is 0 Å². The van der Waals surface area contributed by atoms with E-state index in [4.69, 9.17) is 140 Å². The molecule has 0 unspecified atom stereocenters. The summed E-state index contributed by atoms with van der Waals surface area (Å²) in [6.07, 6.45) is 6.20. The van der Waals surface area contributed by atoms with E-state index in [-0.39, 0.29) is 29.2 Å². The van der Waals surface area contributed by atoms with E-state index >= 15 is 0 Å². The Kier molecular flexibility index (Phi) is 21.0. The molecule has 0 atom stereocenters. The van der Waals surface area contributed by atoms with E-state index in [1.54, 1.807) is 77.5 Å². The summed E-state index contributed by atoms with van der Waals surface area (Å²) in [5.74, 6) is 3.56. The fourth-order valence-corrected chi connectivity index (χ4v) is 19.7. The van der Waals surface area contributed by atoms with Crippen molar-refractivity contribution in [1.82, 2.24) is 49.8 Å². The van der Waals surface area contributed by atoms with Crippen LogP contribution in [0, 0.1) is 0 Å². The summed E-state index contributed by atoms with van der Waals surface area (Å²) in [5.41, 5.74) is 36.7. The van der Waals surface area contributed by atoms with Crippen LogP contribution in [0.1, 0.15) is 88.7 Å². The van der Waals surface area contributed by atoms with E-state index in [1.807, 2.05) is 6.07 Å². The number of thiophene rings is 4. The number of rotatable bonds is 12. The number of nitrogens with zero attached hydrogens (tertiary/aromatic N) is 10. The third-order valence-electron chi connectivity index (χ3n) is 18.4. The average molecular weight is 1640 g/mol. The standard InChI is InChI=1S/C20H18Cl2N4OS.C18H16Cl2N4O2S.C18H17Cl2N3OS.C18H15Cl2N3OS/c1-9(26(2)10-3-4-10)15-7-12-17(24-20(23)25-19(12)28-15)16-11-5-6-27-18(11)14(22)8-13(16)21;1-8(24(2)25-3)13-6-10-15(22-18(21)23-17(10)27-13)14-9-4-5-26-16(9)12(20)7-11(14)19;1-18(2,3)12-6-9-14(22-17(21)23-16(9)25-12)13-8-4-5-24-15(8)11(20)7-10(13)19;1-3-8(2)13-6-10-15(22-18(21)23-17(10)25-13)14-9-4-5-24-16(9)12(20)7-11(14)19/h7-8,10H,1,3-6H2,2H3,(H2,23,24,25);6-7H,1,4-5H2,2-3H3,(H2,21,22,23);6-7H,4-5H2,1-3H3,(H2,21,22,23);6-7H,2-5H2,1H3,(H2,21,22,23). The number of nitrogens with two attached hydrogens (primary N) is 4. The van der Waals surface area contributed by atoms with E-state index in [2.05, 4.69) is 117 Å². The van der Waals surface area contributed by atoms with E-state index in [0.717, 1.165) is 154 Å². The Morgan fingerprint density at radius 3 is 1.08 bits per heavy atom. The lowest BCUT2D eigenvalue weighted by atomic mass is 9.93. The summed E-state index contributed by atoms with van der Waals surface area (Å²) in [7, 11) is 5.46. The van der Waals surface area contributed by atoms with Crippen molar-refractivity contribution in [3.63, 3.8) is 0 Å². The third-order valence-corrected chi connectivity index (χ3v) is 25.4. The Morgan fingerprint density at radius 1 is 0.457 bits per heavy atom. The minimum Gasteiger partial charge on any atom is -0.491 e. The van der Waals surface area contributed by atoms with Crippen LogP contribution in [0.15, 0.2) is 68.3 Å². The quantitative estimate of drug-likeness (QED) is 0.0829. The zero-order chi connectivity index (χ0) is 74.5. The maximum absolute atomic E-state index is 6.61. The highest BCUT2D eigenvalue weighted by atomic mass is 35.5. The first-order valence-electron chi connectivity index (χ1n) is 33.0. The van der Waals surface area contributed by atoms with Gasteiger partial charge in [0.2, 0.25) is 23.8 Å². The maximum Gasteiger partial charge on any atom is 0.221 e. The predicted molar refractivity (Wildman–Crippen MR) is 438 cm³/mol. The highest BCUT2D eigenvalue weighted by Gasteiger charge is 2.34. The molecule has 542 valence electrons. The Balaban J connectivity index is 0.000000118. The molecule has 12 aromatic rings. The lowest BCUT2D eigenvalue weighted by Crippen LogP contribution is -2.17.